The normalized spacial score (nSPS) is 23.7. The molecule has 7 rings (SSSR count). The van der Waals surface area contributed by atoms with Crippen molar-refractivity contribution < 1.29 is 75.1 Å². The Morgan fingerprint density at radius 3 is 1.61 bits per heavy atom. The second kappa shape index (κ2) is 28.5. The number of nitrogen functional groups attached to an aromatic ring is 2. The van der Waals surface area contributed by atoms with E-state index in [4.69, 9.17) is 44.0 Å². The van der Waals surface area contributed by atoms with Crippen molar-refractivity contribution in [2.75, 3.05) is 44.5 Å². The fourth-order valence-corrected chi connectivity index (χ4v) is 11.2. The van der Waals surface area contributed by atoms with Crippen LogP contribution in [0.5, 0.6) is 0 Å². The Morgan fingerprint density at radius 2 is 1.16 bits per heavy atom. The van der Waals surface area contributed by atoms with E-state index >= 15 is 0 Å². The number of aliphatic hydroxyl groups is 4. The van der Waals surface area contributed by atoms with E-state index in [0.29, 0.717) is 18.6 Å². The third-order valence-electron chi connectivity index (χ3n) is 14.4. The second-order valence-electron chi connectivity index (χ2n) is 20.2. The molecule has 2 aliphatic rings. The van der Waals surface area contributed by atoms with Gasteiger partial charge in [-0.3, -0.25) is 13.6 Å². The quantitative estimate of drug-likeness (QED) is 0.0135. The third kappa shape index (κ3) is 15.0. The first-order valence-corrected chi connectivity index (χ1v) is 28.5. The Bertz CT molecular complexity index is 2790. The molecule has 22 nitrogen and oxygen atoms in total. The Kier molecular flexibility index (Phi) is 22.1. The summed E-state index contributed by atoms with van der Waals surface area (Å²) in [6.45, 7) is -1.05. The molecule has 8 N–H and O–H groups in total. The minimum absolute atomic E-state index is 0.0220. The van der Waals surface area contributed by atoms with Crippen LogP contribution in [0.4, 0.5) is 29.2 Å². The van der Waals surface area contributed by atoms with Gasteiger partial charge in [-0.2, -0.15) is 33.9 Å². The van der Waals surface area contributed by atoms with Gasteiger partial charge < -0.3 is 50.8 Å². The first-order valence-electron chi connectivity index (χ1n) is 27.1. The zero-order valence-corrected chi connectivity index (χ0v) is 45.4. The molecule has 0 spiro atoms. The minimum Gasteiger partial charge on any atom is -0.387 e. The highest BCUT2D eigenvalue weighted by Crippen LogP contribution is 2.52. The molecule has 438 valence electrons. The van der Waals surface area contributed by atoms with Crippen molar-refractivity contribution in [2.45, 2.75) is 176 Å². The lowest BCUT2D eigenvalue weighted by Gasteiger charge is -2.26. The molecular weight excluding hydrogens is 1080 g/mol. The van der Waals surface area contributed by atoms with Crippen LogP contribution in [0.3, 0.4) is 0 Å². The van der Waals surface area contributed by atoms with Crippen LogP contribution >= 0.6 is 7.82 Å². The van der Waals surface area contributed by atoms with E-state index in [1.165, 1.54) is 104 Å². The van der Waals surface area contributed by atoms with Gasteiger partial charge in [-0.15, -0.1) is 0 Å². The number of hydrogen-bond donors (Lipinski definition) is 6. The lowest BCUT2D eigenvalue weighted by molar-refractivity contribution is -0.137. The predicted molar refractivity (Wildman–Crippen MR) is 279 cm³/mol. The maximum absolute atomic E-state index is 14.9. The highest BCUT2D eigenvalue weighted by Gasteiger charge is 2.60. The van der Waals surface area contributed by atoms with Crippen molar-refractivity contribution in [3.05, 3.63) is 83.5 Å². The summed E-state index contributed by atoms with van der Waals surface area (Å²) in [5, 5.41) is 74.7. The Morgan fingerprint density at radius 1 is 0.700 bits per heavy atom. The fourth-order valence-electron chi connectivity index (χ4n) is 9.94. The fraction of sp³-hybridized carbons (Fsp3) is 0.623. The largest absolute Gasteiger partial charge is 0.475 e. The van der Waals surface area contributed by atoms with Gasteiger partial charge in [0.25, 0.3) is 0 Å². The lowest BCUT2D eigenvalue weighted by Crippen LogP contribution is -2.41. The van der Waals surface area contributed by atoms with Gasteiger partial charge in [0.05, 0.1) is 50.0 Å². The van der Waals surface area contributed by atoms with Crippen molar-refractivity contribution in [1.29, 1.82) is 10.5 Å². The maximum atomic E-state index is 14.9. The van der Waals surface area contributed by atoms with Gasteiger partial charge in [0.2, 0.25) is 11.2 Å². The molecule has 0 saturated carbocycles. The Balaban J connectivity index is 1.03. The summed E-state index contributed by atoms with van der Waals surface area (Å²) in [6.07, 6.45) is 3.60. The van der Waals surface area contributed by atoms with Gasteiger partial charge in [0.15, 0.2) is 11.6 Å². The number of nitrogens with two attached hydrogens (primary N) is 2. The average Bonchev–Trinajstić information content (AvgIpc) is 4.34. The van der Waals surface area contributed by atoms with Crippen LogP contribution < -0.4 is 11.5 Å². The van der Waals surface area contributed by atoms with Crippen LogP contribution in [0.25, 0.3) is 11.0 Å². The molecule has 2 fully saturated rings. The van der Waals surface area contributed by atoms with E-state index in [1.807, 2.05) is 12.1 Å². The van der Waals surface area contributed by atoms with Gasteiger partial charge in [0.1, 0.15) is 84.4 Å². The number of phosphoric ester groups is 1. The molecular formula is C53H71F4N10O12P. The number of unbranched alkanes of at least 4 members (excludes halogenated alkanes) is 15. The van der Waals surface area contributed by atoms with Crippen LogP contribution in [-0.2, 0) is 61.1 Å². The number of halogens is 4. The van der Waals surface area contributed by atoms with Crippen molar-refractivity contribution in [2.24, 2.45) is 0 Å². The molecule has 0 unspecified atom stereocenters. The van der Waals surface area contributed by atoms with Crippen molar-refractivity contribution in [3.63, 3.8) is 0 Å². The van der Waals surface area contributed by atoms with Crippen LogP contribution in [0, 0.1) is 28.5 Å². The van der Waals surface area contributed by atoms with Crippen molar-refractivity contribution >= 4 is 30.5 Å². The summed E-state index contributed by atoms with van der Waals surface area (Å²) in [5.41, 5.74) is 6.22. The SMILES string of the molecule is CCCCCCCCCCCCCCCCCCOC[C@H](COP(=O)(OC[C@H]1O[C@@](C#N)(c2ccc3c(N)ncnn23)[C@H](O)[C@@H]1O)OC[C@H]1O[C@@](C#N)(c2ccc3c(N)ncnn23)[C@H](O)[C@@H]1O)OCc1cc(F)cc(C(F)(F)F)c1. The number of hydrogen-bond acceptors (Lipinski definition) is 20. The predicted octanol–water partition coefficient (Wildman–Crippen LogP) is 7.49. The number of fused-ring (bicyclic) bond motifs is 2. The van der Waals surface area contributed by atoms with Crippen LogP contribution in [0.15, 0.2) is 55.1 Å². The summed E-state index contributed by atoms with van der Waals surface area (Å²) >= 11 is 0. The van der Waals surface area contributed by atoms with Crippen LogP contribution in [0.1, 0.15) is 132 Å². The van der Waals surface area contributed by atoms with Crippen molar-refractivity contribution in [1.82, 2.24) is 29.2 Å². The standard InChI is InChI=1S/C53H71F4N10O12P/c1-2-3-4-5-6-7-8-9-10-11-12-13-14-15-16-17-22-73-27-38(74-26-35-23-36(53(55,56)57)25-37(54)24-35)28-75-80(72,76-29-41-45(68)47(70)51(31-58,78-41)43-20-18-39-49(60)62-33-64-66(39)43)77-30-42-46(69)48(71)52(32-59,79-42)44-21-19-40-50(61)63-34-65-67(40)44/h18-21,23-25,33-34,38,41-42,45-48,68-71H,2-17,22,26-30H2,1H3,(H2,60,62,64)(H2,61,63,65)/t38-,41-,42-,45-,46-,47-,48-,51+,52+/m1/s1. The first-order chi connectivity index (χ1) is 38.4. The molecule has 9 atom stereocenters. The first kappa shape index (κ1) is 62.2. The maximum Gasteiger partial charge on any atom is 0.475 e. The smallest absolute Gasteiger partial charge is 0.387 e. The number of phosphoric acid groups is 1. The minimum atomic E-state index is -5.13. The summed E-state index contributed by atoms with van der Waals surface area (Å²) < 4.78 is 114. The molecule has 0 bridgehead atoms. The molecule has 2 aliphatic heterocycles. The number of aromatic nitrogens is 6. The van der Waals surface area contributed by atoms with Gasteiger partial charge >= 0.3 is 14.0 Å². The Hall–Kier alpha value is -5.45. The number of anilines is 2. The number of alkyl halides is 3. The molecule has 4 aromatic heterocycles. The molecule has 80 heavy (non-hydrogen) atoms. The van der Waals surface area contributed by atoms with Gasteiger partial charge in [-0.1, -0.05) is 103 Å². The molecule has 0 aliphatic carbocycles. The zero-order chi connectivity index (χ0) is 57.5. The van der Waals surface area contributed by atoms with E-state index in [9.17, 15) is 53.1 Å². The van der Waals surface area contributed by atoms with Gasteiger partial charge in [-0.05, 0) is 54.4 Å². The van der Waals surface area contributed by atoms with Crippen molar-refractivity contribution in [3.8, 4) is 12.1 Å². The number of rotatable bonds is 33. The van der Waals surface area contributed by atoms with Gasteiger partial charge in [0, 0.05) is 6.61 Å². The number of nitriles is 2. The molecule has 1 aromatic carbocycles. The van der Waals surface area contributed by atoms with E-state index in [0.717, 1.165) is 44.4 Å². The summed E-state index contributed by atoms with van der Waals surface area (Å²) in [7, 11) is -5.13. The summed E-state index contributed by atoms with van der Waals surface area (Å²) in [6, 6.07) is 11.3. The number of benzene rings is 1. The zero-order valence-electron chi connectivity index (χ0n) is 44.5. The van der Waals surface area contributed by atoms with Gasteiger partial charge in [-0.25, -0.2) is 28.0 Å². The lowest BCUT2D eigenvalue weighted by atomic mass is 9.92. The number of ether oxygens (including phenoxy) is 4. The number of aliphatic hydroxyl groups excluding tert-OH is 4. The van der Waals surface area contributed by atoms with E-state index < -0.39 is 106 Å². The molecule has 0 amide bonds. The summed E-state index contributed by atoms with van der Waals surface area (Å²) in [5.74, 6) is -1.13. The molecule has 6 heterocycles. The highest BCUT2D eigenvalue weighted by molar-refractivity contribution is 7.48. The molecule has 27 heteroatoms. The van der Waals surface area contributed by atoms with E-state index in [-0.39, 0.29) is 52.8 Å². The average molecular weight is 1150 g/mol. The van der Waals surface area contributed by atoms with Crippen LogP contribution in [-0.4, -0.2) is 125 Å². The topological polar surface area (TPSA) is 323 Å². The molecule has 5 aromatic rings. The van der Waals surface area contributed by atoms with E-state index in [2.05, 4.69) is 27.1 Å². The molecule has 0 radical (unpaired) electrons. The molecule has 2 saturated heterocycles. The number of nitrogens with zero attached hydrogens (tertiary/aromatic N) is 8. The Labute approximate surface area is 460 Å². The van der Waals surface area contributed by atoms with E-state index in [1.54, 1.807) is 0 Å². The highest BCUT2D eigenvalue weighted by atomic mass is 31.2. The third-order valence-corrected chi connectivity index (χ3v) is 15.8. The second-order valence-corrected chi connectivity index (χ2v) is 21.9. The summed E-state index contributed by atoms with van der Waals surface area (Å²) in [4.78, 5) is 7.84. The van der Waals surface area contributed by atoms with Crippen LogP contribution in [0.2, 0.25) is 0 Å². The monoisotopic (exact) mass is 1150 g/mol.